The topological polar surface area (TPSA) is 105 Å². The Balaban J connectivity index is 1.65. The van der Waals surface area contributed by atoms with Gasteiger partial charge < -0.3 is 19.7 Å². The average Bonchev–Trinajstić information content (AvgIpc) is 2.79. The number of hydrogen-bond acceptors (Lipinski definition) is 7. The van der Waals surface area contributed by atoms with Crippen LogP contribution in [0.4, 0.5) is 11.4 Å². The van der Waals surface area contributed by atoms with Crippen LogP contribution < -0.4 is 10.2 Å². The molecule has 0 bridgehead atoms. The fourth-order valence-corrected chi connectivity index (χ4v) is 4.58. The highest BCUT2D eigenvalue weighted by molar-refractivity contribution is 7.89. The van der Waals surface area contributed by atoms with Gasteiger partial charge in [-0.15, -0.1) is 0 Å². The number of sulfonamides is 1. The summed E-state index contributed by atoms with van der Waals surface area (Å²) in [7, 11) is 0.0122. The van der Waals surface area contributed by atoms with Crippen LogP contribution in [-0.2, 0) is 24.3 Å². The molecular weight excluding hydrogens is 434 g/mol. The van der Waals surface area contributed by atoms with Crippen molar-refractivity contribution >= 4 is 33.3 Å². The maximum absolute atomic E-state index is 12.9. The normalized spacial score (nSPS) is 14.6. The fraction of sp³-hybridized carbons (Fsp3) is 0.364. The molecule has 10 heteroatoms. The van der Waals surface area contributed by atoms with Crippen LogP contribution in [0.5, 0.6) is 0 Å². The number of nitrogens with zero attached hydrogens (tertiary/aromatic N) is 2. The Morgan fingerprint density at radius 2 is 1.84 bits per heavy atom. The van der Waals surface area contributed by atoms with Crippen LogP contribution in [0.15, 0.2) is 47.4 Å². The van der Waals surface area contributed by atoms with E-state index in [9.17, 15) is 18.0 Å². The molecule has 0 spiro atoms. The number of ether oxygens (including phenoxy) is 2. The number of anilines is 2. The van der Waals surface area contributed by atoms with E-state index in [0.29, 0.717) is 30.0 Å². The van der Waals surface area contributed by atoms with E-state index in [0.717, 1.165) is 5.69 Å². The van der Waals surface area contributed by atoms with Gasteiger partial charge in [-0.05, 0) is 42.8 Å². The van der Waals surface area contributed by atoms with Crippen molar-refractivity contribution in [3.05, 3.63) is 53.6 Å². The summed E-state index contributed by atoms with van der Waals surface area (Å²) in [5.41, 5.74) is 2.19. The number of carbonyl (C=O) groups is 2. The minimum absolute atomic E-state index is 0.0813. The molecule has 1 fully saturated rings. The van der Waals surface area contributed by atoms with Gasteiger partial charge in [0.15, 0.2) is 6.61 Å². The van der Waals surface area contributed by atoms with Gasteiger partial charge in [0, 0.05) is 38.6 Å². The number of benzene rings is 2. The first-order valence-corrected chi connectivity index (χ1v) is 11.6. The molecule has 1 N–H and O–H groups in total. The van der Waals surface area contributed by atoms with Gasteiger partial charge in [0.1, 0.15) is 0 Å². The molecule has 32 heavy (non-hydrogen) atoms. The van der Waals surface area contributed by atoms with Gasteiger partial charge in [-0.1, -0.05) is 12.1 Å². The van der Waals surface area contributed by atoms with Crippen molar-refractivity contribution in [2.45, 2.75) is 11.8 Å². The highest BCUT2D eigenvalue weighted by Gasteiger charge is 2.27. The molecule has 0 saturated carbocycles. The number of hydrogen-bond donors (Lipinski definition) is 1. The number of carbonyl (C=O) groups excluding carboxylic acids is 2. The molecule has 0 unspecified atom stereocenters. The molecule has 1 amide bonds. The first-order chi connectivity index (χ1) is 15.2. The Labute approximate surface area is 188 Å². The van der Waals surface area contributed by atoms with Gasteiger partial charge in [0.25, 0.3) is 5.91 Å². The second-order valence-electron chi connectivity index (χ2n) is 7.56. The first kappa shape index (κ1) is 23.7. The summed E-state index contributed by atoms with van der Waals surface area (Å²) in [5, 5.41) is 2.63. The molecule has 1 aliphatic rings. The number of rotatable bonds is 7. The van der Waals surface area contributed by atoms with Gasteiger partial charge in [0.2, 0.25) is 10.0 Å². The molecule has 0 aliphatic carbocycles. The van der Waals surface area contributed by atoms with Crippen molar-refractivity contribution in [1.82, 2.24) is 4.31 Å². The molecular formula is C22H27N3O6S. The summed E-state index contributed by atoms with van der Waals surface area (Å²) >= 11 is 0. The average molecular weight is 462 g/mol. The van der Waals surface area contributed by atoms with Crippen molar-refractivity contribution in [2.24, 2.45) is 0 Å². The van der Waals surface area contributed by atoms with Crippen molar-refractivity contribution in [3.8, 4) is 0 Å². The van der Waals surface area contributed by atoms with Crippen LogP contribution in [0.25, 0.3) is 0 Å². The summed E-state index contributed by atoms with van der Waals surface area (Å²) < 4.78 is 37.4. The smallest absolute Gasteiger partial charge is 0.338 e. The van der Waals surface area contributed by atoms with E-state index in [-0.39, 0.29) is 18.0 Å². The SMILES string of the molecule is Cc1ccc(S(=O)(=O)N2CCOCC2)cc1NC(=O)COC(=O)c1cccc(N(C)C)c1. The monoisotopic (exact) mass is 461 g/mol. The van der Waals surface area contributed by atoms with Gasteiger partial charge in [0.05, 0.1) is 23.7 Å². The van der Waals surface area contributed by atoms with Gasteiger partial charge in [-0.2, -0.15) is 4.31 Å². The quantitative estimate of drug-likeness (QED) is 0.628. The lowest BCUT2D eigenvalue weighted by molar-refractivity contribution is -0.119. The zero-order valence-electron chi connectivity index (χ0n) is 18.3. The Morgan fingerprint density at radius 1 is 1.12 bits per heavy atom. The third kappa shape index (κ3) is 5.64. The maximum atomic E-state index is 12.9. The van der Waals surface area contributed by atoms with Crippen LogP contribution in [0.1, 0.15) is 15.9 Å². The second-order valence-corrected chi connectivity index (χ2v) is 9.50. The van der Waals surface area contributed by atoms with Crippen molar-refractivity contribution in [3.63, 3.8) is 0 Å². The Morgan fingerprint density at radius 3 is 2.53 bits per heavy atom. The van der Waals surface area contributed by atoms with E-state index in [4.69, 9.17) is 9.47 Å². The van der Waals surface area contributed by atoms with Crippen LogP contribution in [0.3, 0.4) is 0 Å². The van der Waals surface area contributed by atoms with Crippen molar-refractivity contribution in [1.29, 1.82) is 0 Å². The second kappa shape index (κ2) is 10.1. The third-order valence-corrected chi connectivity index (χ3v) is 6.92. The van der Waals surface area contributed by atoms with Crippen molar-refractivity contribution in [2.75, 3.05) is 57.2 Å². The molecule has 9 nitrogen and oxygen atoms in total. The summed E-state index contributed by atoms with van der Waals surface area (Å²) in [5.74, 6) is -1.18. The van der Waals surface area contributed by atoms with Gasteiger partial charge >= 0.3 is 5.97 Å². The van der Waals surface area contributed by atoms with Crippen molar-refractivity contribution < 1.29 is 27.5 Å². The Kier molecular flexibility index (Phi) is 7.49. The molecule has 2 aromatic rings. The molecule has 1 saturated heterocycles. The number of nitrogens with one attached hydrogen (secondary N) is 1. The Bertz CT molecular complexity index is 1090. The minimum Gasteiger partial charge on any atom is -0.452 e. The lowest BCUT2D eigenvalue weighted by atomic mass is 10.2. The van der Waals surface area contributed by atoms with E-state index >= 15 is 0 Å². The maximum Gasteiger partial charge on any atom is 0.338 e. The standard InChI is InChI=1S/C22H27N3O6S/c1-16-7-8-19(32(28,29)25-9-11-30-12-10-25)14-20(16)23-21(26)15-31-22(27)17-5-4-6-18(13-17)24(2)3/h4-8,13-14H,9-12,15H2,1-3H3,(H,23,26). The largest absolute Gasteiger partial charge is 0.452 e. The number of esters is 1. The first-order valence-electron chi connectivity index (χ1n) is 10.1. The molecule has 172 valence electrons. The molecule has 0 aromatic heterocycles. The summed E-state index contributed by atoms with van der Waals surface area (Å²) in [6.07, 6.45) is 0. The van der Waals surface area contributed by atoms with E-state index in [1.54, 1.807) is 31.2 Å². The van der Waals surface area contributed by atoms with Gasteiger partial charge in [-0.25, -0.2) is 13.2 Å². The molecule has 0 radical (unpaired) electrons. The zero-order chi connectivity index (χ0) is 23.3. The highest BCUT2D eigenvalue weighted by Crippen LogP contribution is 2.23. The van der Waals surface area contributed by atoms with Crippen LogP contribution in [0.2, 0.25) is 0 Å². The number of aryl methyl sites for hydroxylation is 1. The summed E-state index contributed by atoms with van der Waals surface area (Å²) in [4.78, 5) is 26.6. The number of morpholine rings is 1. The molecule has 1 aliphatic heterocycles. The van der Waals surface area contributed by atoms with Gasteiger partial charge in [-0.3, -0.25) is 4.79 Å². The minimum atomic E-state index is -3.70. The Hall–Kier alpha value is -2.95. The van der Waals surface area contributed by atoms with E-state index in [2.05, 4.69) is 5.32 Å². The molecule has 1 heterocycles. The van der Waals surface area contributed by atoms with E-state index in [1.807, 2.05) is 25.1 Å². The molecule has 3 rings (SSSR count). The van der Waals surface area contributed by atoms with E-state index < -0.39 is 28.5 Å². The van der Waals surface area contributed by atoms with E-state index in [1.165, 1.54) is 16.4 Å². The van der Waals surface area contributed by atoms with Crippen LogP contribution >= 0.6 is 0 Å². The highest BCUT2D eigenvalue weighted by atomic mass is 32.2. The van der Waals surface area contributed by atoms with Crippen LogP contribution in [0, 0.1) is 6.92 Å². The summed E-state index contributed by atoms with van der Waals surface area (Å²) in [6, 6.07) is 11.4. The summed E-state index contributed by atoms with van der Waals surface area (Å²) in [6.45, 7) is 2.51. The lowest BCUT2D eigenvalue weighted by Crippen LogP contribution is -2.40. The number of amides is 1. The third-order valence-electron chi connectivity index (χ3n) is 5.02. The molecule has 2 aromatic carbocycles. The predicted octanol–water partition coefficient (Wildman–Crippen LogP) is 1.88. The molecule has 0 atom stereocenters. The predicted molar refractivity (Wildman–Crippen MR) is 120 cm³/mol. The fourth-order valence-electron chi connectivity index (χ4n) is 3.14. The zero-order valence-corrected chi connectivity index (χ0v) is 19.1. The van der Waals surface area contributed by atoms with Crippen LogP contribution in [-0.4, -0.2) is 71.6 Å². The lowest BCUT2D eigenvalue weighted by Gasteiger charge is -2.26.